The predicted molar refractivity (Wildman–Crippen MR) is 137 cm³/mol. The number of nitrogens with zero attached hydrogens (tertiary/aromatic N) is 2. The van der Waals surface area contributed by atoms with Crippen LogP contribution in [0.4, 0.5) is 5.69 Å². The van der Waals surface area contributed by atoms with Crippen molar-refractivity contribution < 1.29 is 19.0 Å². The monoisotopic (exact) mass is 470 g/mol. The Kier molecular flexibility index (Phi) is 7.00. The summed E-state index contributed by atoms with van der Waals surface area (Å²) in [7, 11) is 1.62. The van der Waals surface area contributed by atoms with E-state index in [9.17, 15) is 4.79 Å². The molecule has 0 unspecified atom stereocenters. The smallest absolute Gasteiger partial charge is 0.294 e. The van der Waals surface area contributed by atoms with Crippen LogP contribution in [0.15, 0.2) is 84.6 Å². The van der Waals surface area contributed by atoms with Gasteiger partial charge in [0.25, 0.3) is 5.91 Å². The summed E-state index contributed by atoms with van der Waals surface area (Å²) < 4.78 is 17.4. The first-order chi connectivity index (χ1) is 17.2. The van der Waals surface area contributed by atoms with E-state index < -0.39 is 0 Å². The molecular formula is C29H30N2O4. The fourth-order valence-corrected chi connectivity index (χ4v) is 4.49. The fraction of sp³-hybridized carbons (Fsp3) is 0.276. The average molecular weight is 471 g/mol. The first-order valence-electron chi connectivity index (χ1n) is 12.1. The molecule has 6 heteroatoms. The summed E-state index contributed by atoms with van der Waals surface area (Å²) in [6.07, 6.45) is 4.33. The second-order valence-corrected chi connectivity index (χ2v) is 8.71. The number of hydrogen-bond donors (Lipinski definition) is 0. The molecule has 2 aliphatic rings. The highest BCUT2D eigenvalue weighted by Crippen LogP contribution is 2.34. The van der Waals surface area contributed by atoms with E-state index in [-0.39, 0.29) is 5.91 Å². The zero-order chi connectivity index (χ0) is 24.0. The van der Waals surface area contributed by atoms with Crippen LogP contribution in [-0.2, 0) is 4.79 Å². The highest BCUT2D eigenvalue weighted by atomic mass is 16.5. The van der Waals surface area contributed by atoms with Crippen LogP contribution in [0.25, 0.3) is 11.1 Å². The van der Waals surface area contributed by atoms with Gasteiger partial charge in [0.1, 0.15) is 12.4 Å². The predicted octanol–water partition coefficient (Wildman–Crippen LogP) is 5.15. The van der Waals surface area contributed by atoms with Crippen molar-refractivity contribution in [2.75, 3.05) is 44.8 Å². The highest BCUT2D eigenvalue weighted by Gasteiger charge is 2.28. The maximum atomic E-state index is 13.1. The third-order valence-corrected chi connectivity index (χ3v) is 6.43. The van der Waals surface area contributed by atoms with Crippen molar-refractivity contribution >= 4 is 11.6 Å². The first kappa shape index (κ1) is 23.0. The molecule has 1 saturated heterocycles. The van der Waals surface area contributed by atoms with Crippen molar-refractivity contribution in [3.05, 3.63) is 84.6 Å². The number of likely N-dealkylation sites (tertiary alicyclic amines) is 1. The van der Waals surface area contributed by atoms with Gasteiger partial charge >= 0.3 is 0 Å². The molecule has 35 heavy (non-hydrogen) atoms. The number of carbonyl (C=O) groups excluding carboxylic acids is 1. The summed E-state index contributed by atoms with van der Waals surface area (Å²) in [5.74, 6) is 2.07. The molecule has 2 aliphatic heterocycles. The minimum atomic E-state index is -0.179. The van der Waals surface area contributed by atoms with Crippen molar-refractivity contribution in [1.82, 2.24) is 4.90 Å². The maximum Gasteiger partial charge on any atom is 0.294 e. The lowest BCUT2D eigenvalue weighted by Gasteiger charge is -2.20. The Bertz CT molecular complexity index is 1190. The molecule has 0 aromatic heterocycles. The van der Waals surface area contributed by atoms with E-state index in [1.165, 1.54) is 12.8 Å². The standard InChI is InChI=1S/C29H30N2O4/c1-33-28-21-24(11-14-26(28)34-20-19-30-16-5-6-17-30)31-18-15-27(29(31)32)35-25-12-9-23(10-13-25)22-7-3-2-4-8-22/h2-4,7-15,21H,5-6,16-20H2,1H3. The van der Waals surface area contributed by atoms with Crippen LogP contribution in [0.2, 0.25) is 0 Å². The minimum Gasteiger partial charge on any atom is -0.493 e. The van der Waals surface area contributed by atoms with E-state index in [0.717, 1.165) is 36.4 Å². The molecule has 3 aromatic carbocycles. The first-order valence-corrected chi connectivity index (χ1v) is 12.1. The summed E-state index contributed by atoms with van der Waals surface area (Å²) in [6.45, 7) is 4.25. The van der Waals surface area contributed by atoms with E-state index in [2.05, 4.69) is 17.0 Å². The summed E-state index contributed by atoms with van der Waals surface area (Å²) in [5.41, 5.74) is 2.98. The number of carbonyl (C=O) groups is 1. The summed E-state index contributed by atoms with van der Waals surface area (Å²) >= 11 is 0. The molecule has 2 heterocycles. The Morgan fingerprint density at radius 1 is 0.857 bits per heavy atom. The van der Waals surface area contributed by atoms with Gasteiger partial charge in [-0.1, -0.05) is 42.5 Å². The third kappa shape index (κ3) is 5.33. The second kappa shape index (κ2) is 10.7. The molecule has 0 spiro atoms. The molecule has 0 radical (unpaired) electrons. The Hall–Kier alpha value is -3.77. The van der Waals surface area contributed by atoms with Crippen LogP contribution in [0.1, 0.15) is 12.8 Å². The Morgan fingerprint density at radius 3 is 2.34 bits per heavy atom. The molecule has 0 saturated carbocycles. The summed E-state index contributed by atoms with van der Waals surface area (Å²) in [6, 6.07) is 23.5. The molecule has 3 aromatic rings. The number of anilines is 1. The number of hydrogen-bond acceptors (Lipinski definition) is 5. The zero-order valence-electron chi connectivity index (χ0n) is 20.0. The normalized spacial score (nSPS) is 15.9. The van der Waals surface area contributed by atoms with Gasteiger partial charge in [-0.05, 0) is 67.4 Å². The van der Waals surface area contributed by atoms with Gasteiger partial charge in [0.15, 0.2) is 17.3 Å². The molecule has 1 amide bonds. The highest BCUT2D eigenvalue weighted by molar-refractivity contribution is 6.07. The summed E-state index contributed by atoms with van der Waals surface area (Å²) in [5, 5.41) is 0. The van der Waals surface area contributed by atoms with Crippen molar-refractivity contribution in [3.63, 3.8) is 0 Å². The van der Waals surface area contributed by atoms with Crippen molar-refractivity contribution in [2.45, 2.75) is 12.8 Å². The zero-order valence-corrected chi connectivity index (χ0v) is 20.0. The van der Waals surface area contributed by atoms with Crippen LogP contribution in [-0.4, -0.2) is 50.7 Å². The maximum absolute atomic E-state index is 13.1. The lowest BCUT2D eigenvalue weighted by atomic mass is 10.1. The van der Waals surface area contributed by atoms with E-state index in [0.29, 0.717) is 36.2 Å². The van der Waals surface area contributed by atoms with E-state index in [1.807, 2.05) is 60.7 Å². The van der Waals surface area contributed by atoms with Crippen molar-refractivity contribution in [3.8, 4) is 28.4 Å². The van der Waals surface area contributed by atoms with Crippen LogP contribution in [0.3, 0.4) is 0 Å². The molecule has 0 atom stereocenters. The molecule has 0 aliphatic carbocycles. The number of amides is 1. The van der Waals surface area contributed by atoms with Gasteiger partial charge in [-0.2, -0.15) is 0 Å². The lowest BCUT2D eigenvalue weighted by molar-refractivity contribution is -0.116. The Morgan fingerprint density at radius 2 is 1.60 bits per heavy atom. The minimum absolute atomic E-state index is 0.179. The van der Waals surface area contributed by atoms with Gasteiger partial charge in [0, 0.05) is 24.8 Å². The van der Waals surface area contributed by atoms with Gasteiger partial charge in [0.2, 0.25) is 0 Å². The number of rotatable bonds is 9. The summed E-state index contributed by atoms with van der Waals surface area (Å²) in [4.78, 5) is 17.1. The van der Waals surface area contributed by atoms with Gasteiger partial charge in [0.05, 0.1) is 7.11 Å². The van der Waals surface area contributed by atoms with Crippen LogP contribution < -0.4 is 19.1 Å². The fourth-order valence-electron chi connectivity index (χ4n) is 4.49. The molecule has 6 nitrogen and oxygen atoms in total. The average Bonchev–Trinajstić information content (AvgIpc) is 3.55. The van der Waals surface area contributed by atoms with E-state index in [1.54, 1.807) is 18.1 Å². The van der Waals surface area contributed by atoms with E-state index >= 15 is 0 Å². The lowest BCUT2D eigenvalue weighted by Crippen LogP contribution is -2.27. The SMILES string of the molecule is COc1cc(N2CC=C(Oc3ccc(-c4ccccc4)cc3)C2=O)ccc1OCCN1CCCC1. The van der Waals surface area contributed by atoms with Gasteiger partial charge in [-0.25, -0.2) is 0 Å². The van der Waals surface area contributed by atoms with Crippen LogP contribution >= 0.6 is 0 Å². The van der Waals surface area contributed by atoms with Crippen molar-refractivity contribution in [2.24, 2.45) is 0 Å². The number of benzene rings is 3. The largest absolute Gasteiger partial charge is 0.493 e. The Balaban J connectivity index is 1.20. The number of ether oxygens (including phenoxy) is 3. The molecule has 5 rings (SSSR count). The van der Waals surface area contributed by atoms with Gasteiger partial charge in [-0.15, -0.1) is 0 Å². The Labute approximate surface area is 206 Å². The van der Waals surface area contributed by atoms with Gasteiger partial charge in [-0.3, -0.25) is 9.69 Å². The molecule has 1 fully saturated rings. The van der Waals surface area contributed by atoms with Crippen LogP contribution in [0.5, 0.6) is 17.2 Å². The van der Waals surface area contributed by atoms with Gasteiger partial charge < -0.3 is 19.1 Å². The quantitative estimate of drug-likeness (QED) is 0.433. The van der Waals surface area contributed by atoms with Crippen molar-refractivity contribution in [1.29, 1.82) is 0 Å². The second-order valence-electron chi connectivity index (χ2n) is 8.71. The van der Waals surface area contributed by atoms with E-state index in [4.69, 9.17) is 14.2 Å². The number of methoxy groups -OCH3 is 1. The topological polar surface area (TPSA) is 51.2 Å². The molecule has 180 valence electrons. The molecule has 0 N–H and O–H groups in total. The third-order valence-electron chi connectivity index (χ3n) is 6.43. The molecular weight excluding hydrogens is 440 g/mol. The molecule has 0 bridgehead atoms. The van der Waals surface area contributed by atoms with Crippen LogP contribution in [0, 0.1) is 0 Å².